The van der Waals surface area contributed by atoms with E-state index in [9.17, 15) is 17.8 Å². The molecule has 3 aromatic carbocycles. The van der Waals surface area contributed by atoms with Crippen LogP contribution in [0.1, 0.15) is 99.1 Å². The number of nitrogens with zero attached hydrogens (tertiary/aromatic N) is 3. The molecule has 3 aliphatic rings. The van der Waals surface area contributed by atoms with Gasteiger partial charge in [-0.15, -0.1) is 0 Å². The molecule has 0 bridgehead atoms. The highest BCUT2D eigenvalue weighted by Crippen LogP contribution is 2.47. The van der Waals surface area contributed by atoms with Gasteiger partial charge in [0.1, 0.15) is 7.05 Å². The summed E-state index contributed by atoms with van der Waals surface area (Å²) in [6.07, 6.45) is 4.61. The molecule has 0 unspecified atom stereocenters. The minimum absolute atomic E-state index is 0.160. The Morgan fingerprint density at radius 3 is 2.14 bits per heavy atom. The third-order valence-electron chi connectivity index (χ3n) is 11.0. The molecule has 1 amide bonds. The molecule has 0 fully saturated rings. The van der Waals surface area contributed by atoms with Crippen LogP contribution in [0.2, 0.25) is 0 Å². The highest BCUT2D eigenvalue weighted by atomic mass is 79.9. The summed E-state index contributed by atoms with van der Waals surface area (Å²) in [6, 6.07) is 16.9. The van der Waals surface area contributed by atoms with Gasteiger partial charge in [0.05, 0.1) is 21.4 Å². The van der Waals surface area contributed by atoms with E-state index in [2.05, 4.69) is 131 Å². The SMILES string of the molecule is CBr.CC1=CC(C)(C)N(C)c2cc3c(cc21)C(c1ccccc1C(=O)N(C)CCS(=O)(=O)[O-])=c1cc2c(cc1C3(C)C)=[N+](C)C(C)(C)C=C2C. The number of rotatable bonds is 5. The van der Waals surface area contributed by atoms with Crippen LogP contribution in [0.15, 0.2) is 60.7 Å². The van der Waals surface area contributed by atoms with E-state index in [0.717, 1.165) is 33.0 Å². The molecule has 2 heterocycles. The Kier molecular flexibility index (Phi) is 9.74. The monoisotopic (exact) mass is 759 g/mol. The Balaban J connectivity index is 0.00000239. The van der Waals surface area contributed by atoms with Crippen LogP contribution in [-0.4, -0.2) is 74.1 Å². The predicted molar refractivity (Wildman–Crippen MR) is 210 cm³/mol. The highest BCUT2D eigenvalue weighted by Gasteiger charge is 2.40. The van der Waals surface area contributed by atoms with Crippen LogP contribution in [0.3, 0.4) is 0 Å². The van der Waals surface area contributed by atoms with Gasteiger partial charge >= 0.3 is 0 Å². The number of anilines is 1. The summed E-state index contributed by atoms with van der Waals surface area (Å²) in [5.41, 5.74) is 10.8. The molecule has 0 atom stereocenters. The maximum atomic E-state index is 14.1. The minimum Gasteiger partial charge on any atom is -0.748 e. The fourth-order valence-corrected chi connectivity index (χ4v) is 8.36. The Morgan fingerprint density at radius 1 is 0.880 bits per heavy atom. The average molecular weight is 761 g/mol. The lowest BCUT2D eigenvalue weighted by Crippen LogP contribution is -2.48. The number of fused-ring (bicyclic) bond motifs is 4. The van der Waals surface area contributed by atoms with Crippen molar-refractivity contribution in [3.63, 3.8) is 0 Å². The smallest absolute Gasteiger partial charge is 0.254 e. The van der Waals surface area contributed by atoms with Crippen LogP contribution >= 0.6 is 15.9 Å². The second-order valence-corrected chi connectivity index (χ2v) is 17.0. The Morgan fingerprint density at radius 2 is 1.50 bits per heavy atom. The van der Waals surface area contributed by atoms with Crippen molar-refractivity contribution < 1.29 is 17.8 Å². The zero-order valence-electron chi connectivity index (χ0n) is 31.4. The number of hydrogen-bond donors (Lipinski definition) is 0. The molecule has 7 nitrogen and oxygen atoms in total. The van der Waals surface area contributed by atoms with Crippen molar-refractivity contribution >= 4 is 54.4 Å². The average Bonchev–Trinajstić information content (AvgIpc) is 3.04. The number of hydrogen-bond acceptors (Lipinski definition) is 5. The van der Waals surface area contributed by atoms with Crippen molar-refractivity contribution in [2.45, 2.75) is 71.9 Å². The van der Waals surface area contributed by atoms with Gasteiger partial charge in [-0.2, -0.15) is 0 Å². The number of likely N-dealkylation sites (N-methyl/N-ethyl adjacent to an activating group) is 2. The second-order valence-electron chi connectivity index (χ2n) is 15.4. The third kappa shape index (κ3) is 6.30. The molecular formula is C41H50BrN3O4S. The van der Waals surface area contributed by atoms with Crippen molar-refractivity contribution in [3.05, 3.63) is 110 Å². The predicted octanol–water partition coefficient (Wildman–Crippen LogP) is 6.15. The molecule has 0 radical (unpaired) electrons. The summed E-state index contributed by atoms with van der Waals surface area (Å²) in [4.78, 5) is 17.7. The first-order valence-corrected chi connectivity index (χ1v) is 20.1. The van der Waals surface area contributed by atoms with Crippen molar-refractivity contribution in [1.29, 1.82) is 0 Å². The topological polar surface area (TPSA) is 83.8 Å². The van der Waals surface area contributed by atoms with Gasteiger partial charge in [-0.3, -0.25) is 4.79 Å². The van der Waals surface area contributed by atoms with Crippen molar-refractivity contribution in [2.24, 2.45) is 0 Å². The van der Waals surface area contributed by atoms with Crippen LogP contribution < -0.4 is 20.1 Å². The van der Waals surface area contributed by atoms with E-state index in [1.807, 2.05) is 24.0 Å². The van der Waals surface area contributed by atoms with Gasteiger partial charge in [0, 0.05) is 68.3 Å². The molecular weight excluding hydrogens is 710 g/mol. The first-order chi connectivity index (χ1) is 23.2. The number of alkyl halides is 1. The third-order valence-corrected chi connectivity index (χ3v) is 11.7. The van der Waals surface area contributed by atoms with Crippen LogP contribution in [0.25, 0.3) is 16.7 Å². The largest absolute Gasteiger partial charge is 0.748 e. The van der Waals surface area contributed by atoms with Gasteiger partial charge in [0.2, 0.25) is 5.36 Å². The van der Waals surface area contributed by atoms with Crippen molar-refractivity contribution in [3.8, 4) is 0 Å². The van der Waals surface area contributed by atoms with Gasteiger partial charge in [-0.25, -0.2) is 13.0 Å². The maximum Gasteiger partial charge on any atom is 0.254 e. The van der Waals surface area contributed by atoms with Gasteiger partial charge in [0.25, 0.3) is 5.91 Å². The molecule has 50 heavy (non-hydrogen) atoms. The quantitative estimate of drug-likeness (QED) is 0.177. The number of carbonyl (C=O) groups is 1. The summed E-state index contributed by atoms with van der Waals surface area (Å²) in [6.45, 7) is 17.7. The summed E-state index contributed by atoms with van der Waals surface area (Å²) in [5, 5.41) is 2.25. The molecule has 1 aliphatic carbocycles. The van der Waals surface area contributed by atoms with E-state index in [4.69, 9.17) is 0 Å². The molecule has 0 saturated heterocycles. The highest BCUT2D eigenvalue weighted by molar-refractivity contribution is 9.08. The summed E-state index contributed by atoms with van der Waals surface area (Å²) in [5.74, 6) is 0.838. The number of allylic oxidation sites excluding steroid dienone is 2. The van der Waals surface area contributed by atoms with Gasteiger partial charge in [0.15, 0.2) is 5.54 Å². The molecule has 3 aromatic rings. The van der Waals surface area contributed by atoms with Crippen molar-refractivity contribution in [2.75, 3.05) is 44.2 Å². The van der Waals surface area contributed by atoms with Crippen molar-refractivity contribution in [1.82, 2.24) is 9.48 Å². The van der Waals surface area contributed by atoms with E-state index in [-0.39, 0.29) is 28.9 Å². The van der Waals surface area contributed by atoms with E-state index in [0.29, 0.717) is 5.56 Å². The summed E-state index contributed by atoms with van der Waals surface area (Å²) < 4.78 is 36.7. The lowest BCUT2D eigenvalue weighted by molar-refractivity contribution is 0.0802. The van der Waals surface area contributed by atoms with Gasteiger partial charge < -0.3 is 14.4 Å². The molecule has 6 rings (SSSR count). The molecule has 0 aromatic heterocycles. The Labute approximate surface area is 306 Å². The second kappa shape index (κ2) is 12.9. The number of halogens is 1. The molecule has 2 aliphatic heterocycles. The number of benzene rings is 3. The Bertz CT molecular complexity index is 2230. The molecule has 0 spiro atoms. The fourth-order valence-electron chi connectivity index (χ4n) is 7.86. The number of amides is 1. The fraction of sp³-hybridized carbons (Fsp3) is 0.415. The van der Waals surface area contributed by atoms with Gasteiger partial charge in [-0.1, -0.05) is 54.1 Å². The first kappa shape index (κ1) is 37.7. The maximum absolute atomic E-state index is 14.1. The zero-order valence-corrected chi connectivity index (χ0v) is 33.9. The Hall–Kier alpha value is -3.53. The summed E-state index contributed by atoms with van der Waals surface area (Å²) in [7, 11) is 1.37. The zero-order chi connectivity index (χ0) is 37.3. The summed E-state index contributed by atoms with van der Waals surface area (Å²) >= 11 is 2.94. The van der Waals surface area contributed by atoms with Crippen LogP contribution in [-0.2, 0) is 15.5 Å². The van der Waals surface area contributed by atoms with E-state index in [1.54, 1.807) is 13.1 Å². The lowest BCUT2D eigenvalue weighted by atomic mass is 9.67. The first-order valence-electron chi connectivity index (χ1n) is 16.9. The van der Waals surface area contributed by atoms with Crippen LogP contribution in [0.5, 0.6) is 0 Å². The number of carbonyl (C=O) groups excluding carboxylic acids is 1. The lowest BCUT2D eigenvalue weighted by Gasteiger charge is -2.43. The van der Waals surface area contributed by atoms with E-state index in [1.165, 1.54) is 38.2 Å². The molecule has 0 N–H and O–H groups in total. The normalized spacial score (nSPS) is 18.0. The molecule has 266 valence electrons. The van der Waals surface area contributed by atoms with E-state index < -0.39 is 15.9 Å². The van der Waals surface area contributed by atoms with Crippen LogP contribution in [0.4, 0.5) is 5.69 Å². The molecule has 0 saturated carbocycles. The minimum atomic E-state index is -4.48. The van der Waals surface area contributed by atoms with Crippen LogP contribution in [0, 0.1) is 0 Å². The molecule has 9 heteroatoms. The van der Waals surface area contributed by atoms with E-state index >= 15 is 0 Å². The van der Waals surface area contributed by atoms with Gasteiger partial charge in [-0.05, 0) is 108 Å². The standard InChI is InChI=1S/C40H47N3O4S.CH3Br/c1-24-22-38(3,4)42(10)34-20-32-30(18-28(24)34)36(26-14-12-13-15-27(26)37(44)41(9)16-17-48(45,46)47)31-19-29-25(2)23-39(5,6)43(11)35(29)21-33(31)40(32,7)8;1-2/h12-15,18-23H,16-17H2,1-11H3;1H3.